The lowest BCUT2D eigenvalue weighted by molar-refractivity contribution is -0.155. The van der Waals surface area contributed by atoms with Gasteiger partial charge >= 0.3 is 0 Å². The van der Waals surface area contributed by atoms with Gasteiger partial charge in [-0.05, 0) is 55.7 Å². The van der Waals surface area contributed by atoms with Gasteiger partial charge in [0.1, 0.15) is 0 Å². The average molecular weight is 316 g/mol. The summed E-state index contributed by atoms with van der Waals surface area (Å²) in [5.41, 5.74) is 1.41. The van der Waals surface area contributed by atoms with Crippen molar-refractivity contribution in [3.63, 3.8) is 0 Å². The molecule has 0 aromatic carbocycles. The van der Waals surface area contributed by atoms with E-state index in [0.29, 0.717) is 12.7 Å². The third-order valence-corrected chi connectivity index (χ3v) is 5.69. The van der Waals surface area contributed by atoms with E-state index in [-0.39, 0.29) is 5.41 Å². The summed E-state index contributed by atoms with van der Waals surface area (Å²) in [5.74, 6) is 0.964. The zero-order valence-electron chi connectivity index (χ0n) is 14.0. The fourth-order valence-electron chi connectivity index (χ4n) is 4.27. The molecule has 0 bridgehead atoms. The molecular formula is C19H28N2O2. The number of ether oxygens (including phenoxy) is 2. The minimum atomic E-state index is 0.207. The number of pyridine rings is 1. The quantitative estimate of drug-likeness (QED) is 0.808. The van der Waals surface area contributed by atoms with E-state index in [1.165, 1.54) is 50.8 Å². The second-order valence-corrected chi connectivity index (χ2v) is 7.64. The van der Waals surface area contributed by atoms with Crippen LogP contribution in [0.25, 0.3) is 0 Å². The molecule has 4 rings (SSSR count). The van der Waals surface area contributed by atoms with Crippen molar-refractivity contribution < 1.29 is 9.47 Å². The Kier molecular flexibility index (Phi) is 4.65. The molecule has 0 N–H and O–H groups in total. The molecule has 2 aliphatic heterocycles. The summed E-state index contributed by atoms with van der Waals surface area (Å²) >= 11 is 0. The van der Waals surface area contributed by atoms with Gasteiger partial charge in [0.15, 0.2) is 0 Å². The number of aromatic nitrogens is 1. The fraction of sp³-hybridized carbons (Fsp3) is 0.737. The van der Waals surface area contributed by atoms with E-state index in [0.717, 1.165) is 25.7 Å². The number of likely N-dealkylation sites (tertiary alicyclic amines) is 1. The van der Waals surface area contributed by atoms with Crippen LogP contribution in [0.1, 0.15) is 37.7 Å². The molecule has 1 aliphatic carbocycles. The van der Waals surface area contributed by atoms with Gasteiger partial charge < -0.3 is 14.4 Å². The number of nitrogens with zero attached hydrogens (tertiary/aromatic N) is 2. The normalized spacial score (nSPS) is 31.7. The maximum atomic E-state index is 6.15. The first-order valence-electron chi connectivity index (χ1n) is 9.15. The van der Waals surface area contributed by atoms with Crippen LogP contribution in [0.15, 0.2) is 24.5 Å². The Balaban J connectivity index is 1.38. The molecule has 1 aromatic rings. The van der Waals surface area contributed by atoms with Crippen LogP contribution in [0.4, 0.5) is 0 Å². The van der Waals surface area contributed by atoms with Gasteiger partial charge in [-0.25, -0.2) is 0 Å². The van der Waals surface area contributed by atoms with Crippen molar-refractivity contribution in [2.75, 3.05) is 32.8 Å². The average Bonchev–Trinajstić information content (AvgIpc) is 3.39. The lowest BCUT2D eigenvalue weighted by Gasteiger charge is -2.50. The number of hydrogen-bond donors (Lipinski definition) is 0. The molecule has 1 aromatic heterocycles. The molecule has 3 fully saturated rings. The van der Waals surface area contributed by atoms with E-state index in [9.17, 15) is 0 Å². The summed E-state index contributed by atoms with van der Waals surface area (Å²) in [6.07, 6.45) is 10.5. The summed E-state index contributed by atoms with van der Waals surface area (Å²) in [7, 11) is 0. The fourth-order valence-corrected chi connectivity index (χ4v) is 4.27. The first-order chi connectivity index (χ1) is 11.3. The van der Waals surface area contributed by atoms with Crippen molar-refractivity contribution in [3.05, 3.63) is 30.1 Å². The summed E-state index contributed by atoms with van der Waals surface area (Å²) in [6.45, 7) is 6.08. The number of rotatable bonds is 6. The third-order valence-electron chi connectivity index (χ3n) is 5.69. The first-order valence-corrected chi connectivity index (χ1v) is 9.15. The Morgan fingerprint density at radius 1 is 1.26 bits per heavy atom. The third kappa shape index (κ3) is 3.76. The molecule has 3 aliphatic rings. The summed E-state index contributed by atoms with van der Waals surface area (Å²) in [5, 5.41) is 0. The van der Waals surface area contributed by atoms with Gasteiger partial charge in [0, 0.05) is 44.0 Å². The molecule has 1 saturated carbocycles. The molecule has 2 atom stereocenters. The predicted octanol–water partition coefficient (Wildman–Crippen LogP) is 2.88. The monoisotopic (exact) mass is 316 g/mol. The zero-order chi connectivity index (χ0) is 15.5. The maximum absolute atomic E-state index is 6.15. The van der Waals surface area contributed by atoms with Gasteiger partial charge in [0.05, 0.1) is 19.3 Å². The summed E-state index contributed by atoms with van der Waals surface area (Å²) in [6, 6.07) is 4.07. The van der Waals surface area contributed by atoms with E-state index < -0.39 is 0 Å². The molecule has 0 unspecified atom stereocenters. The molecule has 2 saturated heterocycles. The highest BCUT2D eigenvalue weighted by Crippen LogP contribution is 2.42. The number of fused-ring (bicyclic) bond motifs is 1. The molecule has 23 heavy (non-hydrogen) atoms. The SMILES string of the molecule is c1cc(COC[C@]23CCCO[C@@H]2CCN(CC2CC2)C3)ccn1. The van der Waals surface area contributed by atoms with Gasteiger partial charge in [0.2, 0.25) is 0 Å². The van der Waals surface area contributed by atoms with E-state index in [1.807, 2.05) is 24.5 Å². The van der Waals surface area contributed by atoms with E-state index >= 15 is 0 Å². The first kappa shape index (κ1) is 15.6. The predicted molar refractivity (Wildman–Crippen MR) is 89.1 cm³/mol. The minimum Gasteiger partial charge on any atom is -0.377 e. The molecule has 4 nitrogen and oxygen atoms in total. The van der Waals surface area contributed by atoms with Crippen LogP contribution in [0, 0.1) is 11.3 Å². The van der Waals surface area contributed by atoms with E-state index in [1.54, 1.807) is 0 Å². The van der Waals surface area contributed by atoms with Crippen molar-refractivity contribution in [1.29, 1.82) is 0 Å². The molecule has 0 amide bonds. The molecular weight excluding hydrogens is 288 g/mol. The van der Waals surface area contributed by atoms with Crippen LogP contribution in [-0.2, 0) is 16.1 Å². The van der Waals surface area contributed by atoms with Crippen LogP contribution in [-0.4, -0.2) is 48.8 Å². The lowest BCUT2D eigenvalue weighted by atomic mass is 9.73. The number of piperidine rings is 1. The van der Waals surface area contributed by atoms with Crippen LogP contribution in [0.2, 0.25) is 0 Å². The van der Waals surface area contributed by atoms with Gasteiger partial charge in [-0.1, -0.05) is 0 Å². The molecule has 3 heterocycles. The van der Waals surface area contributed by atoms with Gasteiger partial charge in [-0.15, -0.1) is 0 Å². The minimum absolute atomic E-state index is 0.207. The second kappa shape index (κ2) is 6.88. The zero-order valence-corrected chi connectivity index (χ0v) is 14.0. The van der Waals surface area contributed by atoms with Gasteiger partial charge in [-0.3, -0.25) is 4.98 Å². The molecule has 0 radical (unpaired) electrons. The van der Waals surface area contributed by atoms with Gasteiger partial charge in [0.25, 0.3) is 0 Å². The van der Waals surface area contributed by atoms with Crippen LogP contribution >= 0.6 is 0 Å². The second-order valence-electron chi connectivity index (χ2n) is 7.64. The Bertz CT molecular complexity index is 505. The van der Waals surface area contributed by atoms with Crippen molar-refractivity contribution in [2.45, 2.75) is 44.8 Å². The van der Waals surface area contributed by atoms with E-state index in [4.69, 9.17) is 9.47 Å². The number of hydrogen-bond acceptors (Lipinski definition) is 4. The van der Waals surface area contributed by atoms with Crippen molar-refractivity contribution in [2.24, 2.45) is 11.3 Å². The summed E-state index contributed by atoms with van der Waals surface area (Å²) in [4.78, 5) is 6.75. The standard InChI is InChI=1S/C19H28N2O2/c1-7-19(15-22-13-17-4-8-20-9-5-17)14-21(12-16-2-3-16)10-6-18(19)23-11-1/h4-5,8-9,16,18H,1-3,6-7,10-15H2/t18-,19-/m1/s1. The Hall–Kier alpha value is -0.970. The molecule has 126 valence electrons. The van der Waals surface area contributed by atoms with E-state index in [2.05, 4.69) is 9.88 Å². The Labute approximate surface area is 139 Å². The highest BCUT2D eigenvalue weighted by molar-refractivity contribution is 5.08. The molecule has 0 spiro atoms. The maximum Gasteiger partial charge on any atom is 0.0718 e. The molecule has 4 heteroatoms. The van der Waals surface area contributed by atoms with Crippen molar-refractivity contribution in [1.82, 2.24) is 9.88 Å². The Morgan fingerprint density at radius 3 is 2.96 bits per heavy atom. The smallest absolute Gasteiger partial charge is 0.0718 e. The van der Waals surface area contributed by atoms with Gasteiger partial charge in [-0.2, -0.15) is 0 Å². The van der Waals surface area contributed by atoms with Crippen LogP contribution < -0.4 is 0 Å². The summed E-state index contributed by atoms with van der Waals surface area (Å²) < 4.78 is 12.3. The van der Waals surface area contributed by atoms with Crippen molar-refractivity contribution in [3.8, 4) is 0 Å². The van der Waals surface area contributed by atoms with Crippen LogP contribution in [0.5, 0.6) is 0 Å². The highest BCUT2D eigenvalue weighted by Gasteiger charge is 2.46. The highest BCUT2D eigenvalue weighted by atomic mass is 16.5. The lowest BCUT2D eigenvalue weighted by Crippen LogP contribution is -2.57. The Morgan fingerprint density at radius 2 is 2.13 bits per heavy atom. The van der Waals surface area contributed by atoms with Crippen LogP contribution in [0.3, 0.4) is 0 Å². The largest absolute Gasteiger partial charge is 0.377 e. The van der Waals surface area contributed by atoms with Crippen molar-refractivity contribution >= 4 is 0 Å². The topological polar surface area (TPSA) is 34.6 Å².